The average molecular weight is 525 g/mol. The quantitative estimate of drug-likeness (QED) is 0.602. The van der Waals surface area contributed by atoms with E-state index >= 15 is 0 Å². The number of para-hydroxylation sites is 2. The van der Waals surface area contributed by atoms with E-state index in [2.05, 4.69) is 27.3 Å². The fraction of sp³-hybridized carbons (Fsp3) is 0.643. The molecular formula is C28H40N6O4. The summed E-state index contributed by atoms with van der Waals surface area (Å²) in [5.74, 6) is 1.97. The maximum Gasteiger partial charge on any atom is 0.410 e. The predicted octanol–water partition coefficient (Wildman–Crippen LogP) is 4.98. The largest absolute Gasteiger partial charge is 0.444 e. The van der Waals surface area contributed by atoms with Crippen molar-refractivity contribution in [2.24, 2.45) is 0 Å². The SMILES string of the molecule is CC(C)(C)OC(=O)N1CCCN(c2ccccc2NC(=O)N2CCC(C)(c3noc(C4CC4)n3)CC2)CC1. The number of ether oxygens (including phenoxy) is 1. The lowest BCUT2D eigenvalue weighted by molar-refractivity contribution is 0.0263. The van der Waals surface area contributed by atoms with Gasteiger partial charge in [-0.3, -0.25) is 0 Å². The first kappa shape index (κ1) is 26.3. The van der Waals surface area contributed by atoms with Gasteiger partial charge in [-0.05, 0) is 65.0 Å². The van der Waals surface area contributed by atoms with Crippen LogP contribution in [0, 0.1) is 0 Å². The molecule has 10 heteroatoms. The van der Waals surface area contributed by atoms with Crippen LogP contribution in [0.3, 0.4) is 0 Å². The molecule has 2 aromatic rings. The standard InChI is InChI=1S/C28H40N6O4/c1-27(2,3)37-26(36)34-15-7-14-32(18-19-34)22-9-6-5-8-21(22)29-25(35)33-16-12-28(4,13-17-33)24-30-23(38-31-24)20-10-11-20/h5-6,8-9,20H,7,10-19H2,1-4H3,(H,29,35). The summed E-state index contributed by atoms with van der Waals surface area (Å²) in [7, 11) is 0. The van der Waals surface area contributed by atoms with Gasteiger partial charge in [0.2, 0.25) is 5.89 Å². The summed E-state index contributed by atoms with van der Waals surface area (Å²) < 4.78 is 11.1. The normalized spacial score (nSPS) is 20.2. The highest BCUT2D eigenvalue weighted by Crippen LogP contribution is 2.41. The molecule has 0 spiro atoms. The smallest absolute Gasteiger partial charge is 0.410 e. The van der Waals surface area contributed by atoms with Gasteiger partial charge in [0.25, 0.3) is 0 Å². The molecule has 206 valence electrons. The summed E-state index contributed by atoms with van der Waals surface area (Å²) in [6.07, 6.45) is 4.39. The van der Waals surface area contributed by atoms with Crippen LogP contribution in [-0.2, 0) is 10.2 Å². The van der Waals surface area contributed by atoms with Gasteiger partial charge in [-0.1, -0.05) is 24.2 Å². The Hall–Kier alpha value is -3.30. The van der Waals surface area contributed by atoms with Crippen molar-refractivity contribution in [1.82, 2.24) is 19.9 Å². The number of urea groups is 1. The van der Waals surface area contributed by atoms with Crippen molar-refractivity contribution in [2.45, 2.75) is 76.7 Å². The molecule has 2 aliphatic heterocycles. The molecule has 1 aromatic carbocycles. The van der Waals surface area contributed by atoms with Gasteiger partial charge >= 0.3 is 12.1 Å². The van der Waals surface area contributed by atoms with Gasteiger partial charge in [-0.15, -0.1) is 0 Å². The lowest BCUT2D eigenvalue weighted by atomic mass is 9.80. The Morgan fingerprint density at radius 2 is 1.76 bits per heavy atom. The second kappa shape index (κ2) is 10.5. The zero-order chi connectivity index (χ0) is 26.9. The van der Waals surface area contributed by atoms with E-state index in [4.69, 9.17) is 9.26 Å². The van der Waals surface area contributed by atoms with E-state index < -0.39 is 5.60 Å². The molecule has 1 N–H and O–H groups in total. The van der Waals surface area contributed by atoms with Crippen molar-refractivity contribution in [2.75, 3.05) is 49.5 Å². The van der Waals surface area contributed by atoms with Gasteiger partial charge in [0.15, 0.2) is 5.82 Å². The fourth-order valence-corrected chi connectivity index (χ4v) is 5.12. The van der Waals surface area contributed by atoms with Gasteiger partial charge < -0.3 is 29.3 Å². The van der Waals surface area contributed by atoms with Crippen LogP contribution in [0.4, 0.5) is 21.0 Å². The molecule has 0 bridgehead atoms. The highest BCUT2D eigenvalue weighted by molar-refractivity contribution is 5.93. The molecule has 0 atom stereocenters. The number of nitrogens with zero attached hydrogens (tertiary/aromatic N) is 5. The number of likely N-dealkylation sites (tertiary alicyclic amines) is 1. The zero-order valence-corrected chi connectivity index (χ0v) is 23.0. The zero-order valence-electron chi connectivity index (χ0n) is 23.0. The monoisotopic (exact) mass is 524 g/mol. The summed E-state index contributed by atoms with van der Waals surface area (Å²) in [6.45, 7) is 11.8. The van der Waals surface area contributed by atoms with Crippen LogP contribution in [0.1, 0.15) is 77.4 Å². The number of hydrogen-bond donors (Lipinski definition) is 1. The molecule has 3 amide bonds. The molecular weight excluding hydrogens is 484 g/mol. The topological polar surface area (TPSA) is 104 Å². The van der Waals surface area contributed by atoms with Gasteiger partial charge in [0.05, 0.1) is 11.4 Å². The summed E-state index contributed by atoms with van der Waals surface area (Å²) in [5, 5.41) is 7.42. The fourth-order valence-electron chi connectivity index (χ4n) is 5.12. The summed E-state index contributed by atoms with van der Waals surface area (Å²) >= 11 is 0. The van der Waals surface area contributed by atoms with Crippen LogP contribution in [0.5, 0.6) is 0 Å². The van der Waals surface area contributed by atoms with Gasteiger partial charge in [-0.2, -0.15) is 4.98 Å². The van der Waals surface area contributed by atoms with E-state index in [1.807, 2.05) is 49.9 Å². The number of aromatic nitrogens is 2. The van der Waals surface area contributed by atoms with E-state index in [9.17, 15) is 9.59 Å². The summed E-state index contributed by atoms with van der Waals surface area (Å²) in [6, 6.07) is 7.78. The van der Waals surface area contributed by atoms with Crippen molar-refractivity contribution in [3.8, 4) is 0 Å². The van der Waals surface area contributed by atoms with E-state index in [0.717, 1.165) is 61.7 Å². The lowest BCUT2D eigenvalue weighted by Gasteiger charge is -2.37. The Bertz CT molecular complexity index is 1150. The second-order valence-electron chi connectivity index (χ2n) is 12.0. The summed E-state index contributed by atoms with van der Waals surface area (Å²) in [4.78, 5) is 36.4. The molecule has 5 rings (SSSR count). The van der Waals surface area contributed by atoms with Crippen LogP contribution in [0.15, 0.2) is 28.8 Å². The maximum absolute atomic E-state index is 13.3. The van der Waals surface area contributed by atoms with Crippen LogP contribution in [-0.4, -0.2) is 76.9 Å². The van der Waals surface area contributed by atoms with Gasteiger partial charge in [0.1, 0.15) is 5.60 Å². The molecule has 3 fully saturated rings. The minimum Gasteiger partial charge on any atom is -0.444 e. The van der Waals surface area contributed by atoms with Gasteiger partial charge in [-0.25, -0.2) is 9.59 Å². The number of carbonyl (C=O) groups excluding carboxylic acids is 2. The Morgan fingerprint density at radius 3 is 2.47 bits per heavy atom. The first-order valence-corrected chi connectivity index (χ1v) is 13.8. The number of hydrogen-bond acceptors (Lipinski definition) is 7. The summed E-state index contributed by atoms with van der Waals surface area (Å²) in [5.41, 5.74) is 1.05. The minimum absolute atomic E-state index is 0.100. The maximum atomic E-state index is 13.3. The molecule has 1 aliphatic carbocycles. The first-order valence-electron chi connectivity index (χ1n) is 13.8. The van der Waals surface area contributed by atoms with E-state index in [0.29, 0.717) is 38.6 Å². The number of rotatable bonds is 4. The van der Waals surface area contributed by atoms with Crippen LogP contribution in [0.25, 0.3) is 0 Å². The lowest BCUT2D eigenvalue weighted by Crippen LogP contribution is -2.46. The van der Waals surface area contributed by atoms with E-state index in [1.165, 1.54) is 0 Å². The number of anilines is 2. The number of carbonyl (C=O) groups is 2. The Balaban J connectivity index is 1.18. The number of nitrogens with one attached hydrogen (secondary N) is 1. The van der Waals surface area contributed by atoms with Crippen LogP contribution < -0.4 is 10.2 Å². The molecule has 0 unspecified atom stereocenters. The third-order valence-electron chi connectivity index (χ3n) is 7.70. The second-order valence-corrected chi connectivity index (χ2v) is 12.0. The number of piperidine rings is 1. The molecule has 38 heavy (non-hydrogen) atoms. The molecule has 0 radical (unpaired) electrons. The van der Waals surface area contributed by atoms with E-state index in [1.54, 1.807) is 4.90 Å². The molecule has 3 aliphatic rings. The van der Waals surface area contributed by atoms with Crippen molar-refractivity contribution in [1.29, 1.82) is 0 Å². The predicted molar refractivity (Wildman–Crippen MR) is 145 cm³/mol. The average Bonchev–Trinajstić information content (AvgIpc) is 3.65. The third-order valence-corrected chi connectivity index (χ3v) is 7.70. The minimum atomic E-state index is -0.517. The van der Waals surface area contributed by atoms with Crippen molar-refractivity contribution in [3.05, 3.63) is 36.0 Å². The van der Waals surface area contributed by atoms with Crippen molar-refractivity contribution >= 4 is 23.5 Å². The van der Waals surface area contributed by atoms with Gasteiger partial charge in [0, 0.05) is 50.6 Å². The van der Waals surface area contributed by atoms with Crippen molar-refractivity contribution in [3.63, 3.8) is 0 Å². The highest BCUT2D eigenvalue weighted by atomic mass is 16.6. The molecule has 1 saturated carbocycles. The third kappa shape index (κ3) is 6.05. The Labute approximate surface area is 224 Å². The molecule has 10 nitrogen and oxygen atoms in total. The van der Waals surface area contributed by atoms with Crippen LogP contribution in [0.2, 0.25) is 0 Å². The Kier molecular flexibility index (Phi) is 7.24. The Morgan fingerprint density at radius 1 is 1.03 bits per heavy atom. The van der Waals surface area contributed by atoms with Crippen molar-refractivity contribution < 1.29 is 18.8 Å². The number of amides is 3. The molecule has 3 heterocycles. The van der Waals surface area contributed by atoms with E-state index in [-0.39, 0.29) is 17.5 Å². The number of benzene rings is 1. The molecule has 1 aromatic heterocycles. The first-order chi connectivity index (χ1) is 18.1. The highest BCUT2D eigenvalue weighted by Gasteiger charge is 2.39. The molecule has 2 saturated heterocycles. The van der Waals surface area contributed by atoms with Crippen LogP contribution >= 0.6 is 0 Å².